The van der Waals surface area contributed by atoms with E-state index in [1.165, 1.54) is 64.2 Å². The van der Waals surface area contributed by atoms with Crippen molar-refractivity contribution in [2.24, 2.45) is 0 Å². The highest BCUT2D eigenvalue weighted by atomic mass is 16.1. The monoisotopic (exact) mass is 264 g/mol. The number of rotatable bonds is 11. The quantitative estimate of drug-likeness (QED) is 0.331. The summed E-state index contributed by atoms with van der Waals surface area (Å²) >= 11 is 0. The van der Waals surface area contributed by atoms with E-state index in [2.05, 4.69) is 13.0 Å². The van der Waals surface area contributed by atoms with E-state index in [1.54, 1.807) is 0 Å². The average Bonchev–Trinajstić information content (AvgIpc) is 2.82. The minimum absolute atomic E-state index is 0.409. The van der Waals surface area contributed by atoms with Crippen LogP contribution in [-0.4, -0.2) is 5.78 Å². The van der Waals surface area contributed by atoms with E-state index in [1.807, 2.05) is 0 Å². The van der Waals surface area contributed by atoms with Crippen molar-refractivity contribution in [1.82, 2.24) is 0 Å². The molecule has 0 unspecified atom stereocenters. The van der Waals surface area contributed by atoms with E-state index >= 15 is 0 Å². The summed E-state index contributed by atoms with van der Waals surface area (Å²) in [4.78, 5) is 11.4. The van der Waals surface area contributed by atoms with Gasteiger partial charge in [-0.05, 0) is 31.3 Å². The van der Waals surface area contributed by atoms with Crippen LogP contribution in [0, 0.1) is 0 Å². The average molecular weight is 264 g/mol. The number of allylic oxidation sites excluding steroid dienone is 2. The van der Waals surface area contributed by atoms with Crippen molar-refractivity contribution >= 4 is 5.78 Å². The predicted octanol–water partition coefficient (Wildman–Crippen LogP) is 5.98. The third-order valence-electron chi connectivity index (χ3n) is 4.16. The molecule has 110 valence electrons. The molecule has 0 heterocycles. The van der Waals surface area contributed by atoms with Crippen LogP contribution in [0.25, 0.3) is 0 Å². The van der Waals surface area contributed by atoms with Crippen LogP contribution < -0.4 is 0 Å². The Morgan fingerprint density at radius 2 is 1.42 bits per heavy atom. The molecule has 1 fully saturated rings. The van der Waals surface area contributed by atoms with Crippen molar-refractivity contribution in [3.63, 3.8) is 0 Å². The van der Waals surface area contributed by atoms with Gasteiger partial charge in [0.2, 0.25) is 0 Å². The van der Waals surface area contributed by atoms with Crippen LogP contribution in [-0.2, 0) is 4.79 Å². The van der Waals surface area contributed by atoms with Crippen molar-refractivity contribution in [3.05, 3.63) is 11.6 Å². The van der Waals surface area contributed by atoms with Gasteiger partial charge in [0.25, 0.3) is 0 Å². The first-order valence-electron chi connectivity index (χ1n) is 8.57. The lowest BCUT2D eigenvalue weighted by Gasteiger charge is -2.01. The lowest BCUT2D eigenvalue weighted by molar-refractivity contribution is -0.114. The molecular formula is C18H32O. The summed E-state index contributed by atoms with van der Waals surface area (Å²) in [7, 11) is 0. The predicted molar refractivity (Wildman–Crippen MR) is 83.4 cm³/mol. The van der Waals surface area contributed by atoms with Crippen LogP contribution in [0.4, 0.5) is 0 Å². The van der Waals surface area contributed by atoms with Crippen LogP contribution >= 0.6 is 0 Å². The van der Waals surface area contributed by atoms with Crippen molar-refractivity contribution < 1.29 is 4.79 Å². The third-order valence-corrected chi connectivity index (χ3v) is 4.16. The Hall–Kier alpha value is -0.590. The van der Waals surface area contributed by atoms with Crippen LogP contribution in [0.15, 0.2) is 11.6 Å². The van der Waals surface area contributed by atoms with E-state index in [0.717, 1.165) is 31.3 Å². The number of carbonyl (C=O) groups excluding carboxylic acids is 1. The molecule has 0 aromatic rings. The molecule has 0 radical (unpaired) electrons. The van der Waals surface area contributed by atoms with Crippen LogP contribution in [0.5, 0.6) is 0 Å². The van der Waals surface area contributed by atoms with Gasteiger partial charge in [-0.15, -0.1) is 0 Å². The zero-order valence-electron chi connectivity index (χ0n) is 12.9. The highest BCUT2D eigenvalue weighted by Gasteiger charge is 2.15. The molecule has 0 aromatic heterocycles. The fourth-order valence-electron chi connectivity index (χ4n) is 2.86. The first-order valence-corrected chi connectivity index (χ1v) is 8.57. The summed E-state index contributed by atoms with van der Waals surface area (Å²) < 4.78 is 0. The van der Waals surface area contributed by atoms with Gasteiger partial charge in [0.1, 0.15) is 0 Å². The van der Waals surface area contributed by atoms with Gasteiger partial charge in [0, 0.05) is 6.42 Å². The summed E-state index contributed by atoms with van der Waals surface area (Å²) in [5.74, 6) is 0.409. The van der Waals surface area contributed by atoms with Crippen LogP contribution in [0.3, 0.4) is 0 Å². The number of carbonyl (C=O) groups is 1. The second-order valence-corrected chi connectivity index (χ2v) is 5.98. The molecule has 1 heteroatoms. The van der Waals surface area contributed by atoms with E-state index < -0.39 is 0 Å². The first kappa shape index (κ1) is 16.5. The Bertz CT molecular complexity index is 265. The molecular weight excluding hydrogens is 232 g/mol. The number of ketones is 1. The summed E-state index contributed by atoms with van der Waals surface area (Å²) in [5.41, 5.74) is 1.12. The number of Topliss-reactive ketones (excluding diaryl/α,β-unsaturated/α-hetero) is 1. The summed E-state index contributed by atoms with van der Waals surface area (Å²) in [6, 6.07) is 0. The molecule has 0 bridgehead atoms. The van der Waals surface area contributed by atoms with Gasteiger partial charge < -0.3 is 0 Å². The maximum atomic E-state index is 11.4. The molecule has 1 nitrogen and oxygen atoms in total. The van der Waals surface area contributed by atoms with Gasteiger partial charge in [-0.25, -0.2) is 0 Å². The normalized spacial score (nSPS) is 17.5. The highest BCUT2D eigenvalue weighted by molar-refractivity contribution is 5.97. The molecule has 0 N–H and O–H groups in total. The smallest absolute Gasteiger partial charge is 0.158 e. The fourth-order valence-corrected chi connectivity index (χ4v) is 2.86. The Morgan fingerprint density at radius 1 is 0.842 bits per heavy atom. The molecule has 0 saturated heterocycles. The van der Waals surface area contributed by atoms with Crippen LogP contribution in [0.1, 0.15) is 96.8 Å². The molecule has 0 amide bonds. The molecule has 0 aromatic carbocycles. The topological polar surface area (TPSA) is 17.1 Å². The largest absolute Gasteiger partial charge is 0.295 e. The third kappa shape index (κ3) is 8.23. The van der Waals surface area contributed by atoms with Gasteiger partial charge in [0.05, 0.1) is 0 Å². The zero-order chi connectivity index (χ0) is 13.8. The van der Waals surface area contributed by atoms with Crippen molar-refractivity contribution in [3.8, 4) is 0 Å². The second-order valence-electron chi connectivity index (χ2n) is 5.98. The van der Waals surface area contributed by atoms with Gasteiger partial charge in [-0.1, -0.05) is 70.8 Å². The van der Waals surface area contributed by atoms with Gasteiger partial charge >= 0.3 is 0 Å². The summed E-state index contributed by atoms with van der Waals surface area (Å²) in [5, 5.41) is 0. The highest BCUT2D eigenvalue weighted by Crippen LogP contribution is 2.21. The number of hydrogen-bond acceptors (Lipinski definition) is 1. The molecule has 1 aliphatic rings. The molecule has 0 aliphatic heterocycles. The molecule has 0 atom stereocenters. The number of hydrogen-bond donors (Lipinski definition) is 0. The molecule has 1 aliphatic carbocycles. The van der Waals surface area contributed by atoms with Gasteiger partial charge in [-0.3, -0.25) is 4.79 Å². The Kier molecular flexibility index (Phi) is 9.75. The van der Waals surface area contributed by atoms with Crippen LogP contribution in [0.2, 0.25) is 0 Å². The Morgan fingerprint density at radius 3 is 1.95 bits per heavy atom. The van der Waals surface area contributed by atoms with Crippen molar-refractivity contribution in [2.75, 3.05) is 0 Å². The number of unbranched alkanes of at least 4 members (excludes halogenated alkanes) is 10. The van der Waals surface area contributed by atoms with Gasteiger partial charge in [0.15, 0.2) is 5.78 Å². The van der Waals surface area contributed by atoms with Crippen molar-refractivity contribution in [1.29, 1.82) is 0 Å². The summed E-state index contributed by atoms with van der Waals surface area (Å²) in [6.07, 6.45) is 20.1. The van der Waals surface area contributed by atoms with E-state index in [4.69, 9.17) is 0 Å². The summed E-state index contributed by atoms with van der Waals surface area (Å²) in [6.45, 7) is 2.27. The van der Waals surface area contributed by atoms with E-state index in [0.29, 0.717) is 5.78 Å². The van der Waals surface area contributed by atoms with E-state index in [-0.39, 0.29) is 0 Å². The Balaban J connectivity index is 1.82. The van der Waals surface area contributed by atoms with Gasteiger partial charge in [-0.2, -0.15) is 0 Å². The van der Waals surface area contributed by atoms with Crippen molar-refractivity contribution in [2.45, 2.75) is 96.8 Å². The lowest BCUT2D eigenvalue weighted by Crippen LogP contribution is -1.91. The maximum absolute atomic E-state index is 11.4. The molecule has 0 spiro atoms. The molecule has 1 rings (SSSR count). The minimum Gasteiger partial charge on any atom is -0.295 e. The van der Waals surface area contributed by atoms with E-state index in [9.17, 15) is 4.79 Å². The Labute approximate surface area is 119 Å². The minimum atomic E-state index is 0.409. The lowest BCUT2D eigenvalue weighted by atomic mass is 10.0. The zero-order valence-corrected chi connectivity index (χ0v) is 12.9. The first-order chi connectivity index (χ1) is 9.34. The second kappa shape index (κ2) is 11.3. The SMILES string of the molecule is CCCCCCCCCCCC/C=C1/CCCC1=O. The standard InChI is InChI=1S/C18H32O/c1-2-3-4-5-6-7-8-9-10-11-12-14-17-15-13-16-18(17)19/h14H,2-13,15-16H2,1H3/b17-14-. The molecule has 19 heavy (non-hydrogen) atoms. The fraction of sp³-hybridized carbons (Fsp3) is 0.833. The maximum Gasteiger partial charge on any atom is 0.158 e. The molecule has 1 saturated carbocycles.